The van der Waals surface area contributed by atoms with E-state index >= 15 is 0 Å². The van der Waals surface area contributed by atoms with Crippen molar-refractivity contribution >= 4 is 16.8 Å². The molecule has 0 bridgehead atoms. The Labute approximate surface area is 243 Å². The normalized spacial score (nSPS) is 11.9. The van der Waals surface area contributed by atoms with Crippen LogP contribution in [0.25, 0.3) is 33.2 Å². The number of carbonyl (C=O) groups excluding carboxylic acids is 1. The van der Waals surface area contributed by atoms with E-state index in [9.17, 15) is 13.6 Å². The number of aryl methyl sites for hydroxylation is 1. The van der Waals surface area contributed by atoms with E-state index in [1.807, 2.05) is 43.3 Å². The molecule has 0 aliphatic heterocycles. The zero-order valence-corrected chi connectivity index (χ0v) is 23.1. The number of nitrogens with one attached hydrogen (secondary N) is 2. The first-order valence-electron chi connectivity index (χ1n) is 13.8. The van der Waals surface area contributed by atoms with Crippen LogP contribution >= 0.6 is 0 Å². The largest absolute Gasteiger partial charge is 0.361 e. The molecule has 0 saturated heterocycles. The van der Waals surface area contributed by atoms with Gasteiger partial charge in [0.1, 0.15) is 11.6 Å². The molecule has 6 heteroatoms. The fourth-order valence-electron chi connectivity index (χ4n) is 5.51. The molecule has 4 aromatic carbocycles. The first kappa shape index (κ1) is 27.1. The van der Waals surface area contributed by atoms with Gasteiger partial charge in [-0.25, -0.2) is 8.78 Å². The molecule has 0 spiro atoms. The molecule has 42 heavy (non-hydrogen) atoms. The van der Waals surface area contributed by atoms with Gasteiger partial charge in [-0.2, -0.15) is 0 Å². The zero-order valence-electron chi connectivity index (χ0n) is 23.1. The number of carbonyl (C=O) groups is 1. The molecule has 4 nitrogen and oxygen atoms in total. The van der Waals surface area contributed by atoms with Crippen LogP contribution in [0.15, 0.2) is 116 Å². The Morgan fingerprint density at radius 2 is 1.60 bits per heavy atom. The second kappa shape index (κ2) is 11.8. The van der Waals surface area contributed by atoms with Gasteiger partial charge in [0, 0.05) is 28.9 Å². The van der Waals surface area contributed by atoms with Crippen molar-refractivity contribution in [3.63, 3.8) is 0 Å². The number of amides is 1. The van der Waals surface area contributed by atoms with Crippen molar-refractivity contribution in [2.75, 3.05) is 0 Å². The maximum absolute atomic E-state index is 14.4. The molecule has 6 rings (SSSR count). The molecular weight excluding hydrogens is 528 g/mol. The summed E-state index contributed by atoms with van der Waals surface area (Å²) in [6.07, 6.45) is 3.83. The molecule has 0 aliphatic rings. The van der Waals surface area contributed by atoms with Gasteiger partial charge >= 0.3 is 0 Å². The summed E-state index contributed by atoms with van der Waals surface area (Å²) in [5, 5.41) is 3.82. The summed E-state index contributed by atoms with van der Waals surface area (Å²) in [7, 11) is 0. The maximum Gasteiger partial charge on any atom is 0.225 e. The Balaban J connectivity index is 1.34. The summed E-state index contributed by atoms with van der Waals surface area (Å²) in [5.74, 6) is -0.928. The summed E-state index contributed by atoms with van der Waals surface area (Å²) >= 11 is 0. The fourth-order valence-corrected chi connectivity index (χ4v) is 5.51. The molecule has 2 N–H and O–H groups in total. The van der Waals surface area contributed by atoms with Crippen LogP contribution in [0.4, 0.5) is 8.78 Å². The molecule has 0 fully saturated rings. The van der Waals surface area contributed by atoms with E-state index in [0.717, 1.165) is 38.9 Å². The smallest absolute Gasteiger partial charge is 0.225 e. The Bertz CT molecular complexity index is 1840. The number of halogens is 2. The van der Waals surface area contributed by atoms with E-state index in [-0.39, 0.29) is 24.0 Å². The molecular formula is C36H29F2N3O. The quantitative estimate of drug-likeness (QED) is 0.199. The van der Waals surface area contributed by atoms with Crippen LogP contribution in [0.5, 0.6) is 0 Å². The lowest BCUT2D eigenvalue weighted by Crippen LogP contribution is -2.32. The summed E-state index contributed by atoms with van der Waals surface area (Å²) in [6.45, 7) is 1.84. The number of hydrogen-bond acceptors (Lipinski definition) is 2. The fraction of sp³-hybridized carbons (Fsp3) is 0.111. The molecule has 0 aliphatic carbocycles. The van der Waals surface area contributed by atoms with Crippen molar-refractivity contribution in [2.24, 2.45) is 0 Å². The number of pyridine rings is 1. The summed E-state index contributed by atoms with van der Waals surface area (Å²) in [4.78, 5) is 21.3. The molecule has 0 unspecified atom stereocenters. The van der Waals surface area contributed by atoms with Gasteiger partial charge in [-0.1, -0.05) is 66.7 Å². The zero-order chi connectivity index (χ0) is 29.1. The summed E-state index contributed by atoms with van der Waals surface area (Å²) in [5.41, 5.74) is 7.75. The van der Waals surface area contributed by atoms with Gasteiger partial charge in [-0.15, -0.1) is 0 Å². The van der Waals surface area contributed by atoms with Gasteiger partial charge in [0.2, 0.25) is 5.91 Å². The van der Waals surface area contributed by atoms with Crippen molar-refractivity contribution in [3.05, 3.63) is 150 Å². The monoisotopic (exact) mass is 557 g/mol. The standard InChI is InChI=1S/C36H29F2N3O/c1-23-16-24(18-30(38)17-23)19-34(41-35(42)20-28-22-40-33-14-13-29(37)21-32(28)33)36-31(8-5-15-39-36)27-11-9-26(10-12-27)25-6-3-2-4-7-25/h2-18,21-22,34,40H,19-20H2,1H3,(H,41,42)/t34-/m0/s1. The van der Waals surface area contributed by atoms with Crippen LogP contribution in [-0.4, -0.2) is 15.9 Å². The predicted octanol–water partition coefficient (Wildman–Crippen LogP) is 8.13. The second-order valence-corrected chi connectivity index (χ2v) is 10.5. The number of nitrogens with zero attached hydrogens (tertiary/aromatic N) is 1. The van der Waals surface area contributed by atoms with Crippen molar-refractivity contribution in [1.29, 1.82) is 0 Å². The van der Waals surface area contributed by atoms with E-state index in [4.69, 9.17) is 4.98 Å². The molecule has 0 radical (unpaired) electrons. The number of hydrogen-bond donors (Lipinski definition) is 2. The topological polar surface area (TPSA) is 57.8 Å². The summed E-state index contributed by atoms with van der Waals surface area (Å²) < 4.78 is 28.3. The lowest BCUT2D eigenvalue weighted by Gasteiger charge is -2.22. The van der Waals surface area contributed by atoms with Crippen LogP contribution < -0.4 is 5.32 Å². The van der Waals surface area contributed by atoms with E-state index in [2.05, 4.69) is 46.7 Å². The molecule has 2 heterocycles. The first-order chi connectivity index (χ1) is 20.4. The molecule has 2 aromatic heterocycles. The number of rotatable bonds is 8. The van der Waals surface area contributed by atoms with Crippen LogP contribution in [0.2, 0.25) is 0 Å². The third kappa shape index (κ3) is 5.98. The molecule has 1 atom stereocenters. The highest BCUT2D eigenvalue weighted by Gasteiger charge is 2.22. The Hall–Kier alpha value is -5.10. The third-order valence-corrected chi connectivity index (χ3v) is 7.43. The van der Waals surface area contributed by atoms with Crippen molar-refractivity contribution in [3.8, 4) is 22.3 Å². The van der Waals surface area contributed by atoms with Gasteiger partial charge < -0.3 is 10.3 Å². The number of H-pyrrole nitrogens is 1. The van der Waals surface area contributed by atoms with Crippen molar-refractivity contribution in [2.45, 2.75) is 25.8 Å². The highest BCUT2D eigenvalue weighted by molar-refractivity contribution is 5.89. The van der Waals surface area contributed by atoms with Gasteiger partial charge in [0.15, 0.2) is 0 Å². The maximum atomic E-state index is 14.4. The van der Waals surface area contributed by atoms with Crippen LogP contribution in [0, 0.1) is 18.6 Å². The number of aromatic amines is 1. The predicted molar refractivity (Wildman–Crippen MR) is 163 cm³/mol. The second-order valence-electron chi connectivity index (χ2n) is 10.5. The highest BCUT2D eigenvalue weighted by Crippen LogP contribution is 2.31. The van der Waals surface area contributed by atoms with E-state index in [0.29, 0.717) is 23.1 Å². The molecule has 6 aromatic rings. The van der Waals surface area contributed by atoms with Crippen molar-refractivity contribution in [1.82, 2.24) is 15.3 Å². The Morgan fingerprint density at radius 1 is 0.833 bits per heavy atom. The molecule has 0 saturated carbocycles. The summed E-state index contributed by atoms with van der Waals surface area (Å²) in [6, 6.07) is 31.1. The molecule has 1 amide bonds. The van der Waals surface area contributed by atoms with E-state index in [1.54, 1.807) is 18.5 Å². The third-order valence-electron chi connectivity index (χ3n) is 7.43. The lowest BCUT2D eigenvalue weighted by molar-refractivity contribution is -0.121. The Kier molecular flexibility index (Phi) is 7.60. The number of aromatic nitrogens is 2. The minimum Gasteiger partial charge on any atom is -0.361 e. The Morgan fingerprint density at radius 3 is 2.38 bits per heavy atom. The highest BCUT2D eigenvalue weighted by atomic mass is 19.1. The van der Waals surface area contributed by atoms with Crippen LogP contribution in [0.1, 0.15) is 28.4 Å². The van der Waals surface area contributed by atoms with E-state index < -0.39 is 6.04 Å². The van der Waals surface area contributed by atoms with E-state index in [1.165, 1.54) is 24.3 Å². The first-order valence-corrected chi connectivity index (χ1v) is 13.8. The number of benzene rings is 4. The number of fused-ring (bicyclic) bond motifs is 1. The van der Waals surface area contributed by atoms with Gasteiger partial charge in [0.25, 0.3) is 0 Å². The van der Waals surface area contributed by atoms with Gasteiger partial charge in [-0.3, -0.25) is 9.78 Å². The van der Waals surface area contributed by atoms with Crippen molar-refractivity contribution < 1.29 is 13.6 Å². The van der Waals surface area contributed by atoms with Gasteiger partial charge in [-0.05, 0) is 83.1 Å². The minimum atomic E-state index is -0.536. The minimum absolute atomic E-state index is 0.0517. The SMILES string of the molecule is Cc1cc(F)cc(C[C@H](NC(=O)Cc2c[nH]c3ccc(F)cc23)c2ncccc2-c2ccc(-c3ccccc3)cc2)c1. The molecule has 208 valence electrons. The average molecular weight is 558 g/mol. The van der Waals surface area contributed by atoms with Gasteiger partial charge in [0.05, 0.1) is 18.2 Å². The van der Waals surface area contributed by atoms with Crippen LogP contribution in [0.3, 0.4) is 0 Å². The lowest BCUT2D eigenvalue weighted by atomic mass is 9.93. The van der Waals surface area contributed by atoms with Crippen LogP contribution in [-0.2, 0) is 17.6 Å². The average Bonchev–Trinajstić information content (AvgIpc) is 3.38.